The van der Waals surface area contributed by atoms with E-state index in [9.17, 15) is 4.79 Å². The molecule has 4 heteroatoms. The number of likely N-dealkylation sites (tertiary alicyclic amines) is 1. The van der Waals surface area contributed by atoms with Gasteiger partial charge in [0, 0.05) is 18.7 Å². The second-order valence-corrected chi connectivity index (χ2v) is 6.77. The van der Waals surface area contributed by atoms with Crippen molar-refractivity contribution in [2.45, 2.75) is 25.8 Å². The minimum absolute atomic E-state index is 0.0999. The number of hydrogen-bond acceptors (Lipinski definition) is 2. The fraction of sp³-hybridized carbons (Fsp3) is 0.273. The molecule has 3 aromatic rings. The summed E-state index contributed by atoms with van der Waals surface area (Å²) in [6.07, 6.45) is 5.12. The van der Waals surface area contributed by atoms with Crippen LogP contribution in [0.2, 0.25) is 0 Å². The molecule has 0 radical (unpaired) electrons. The Hall–Kier alpha value is -2.88. The van der Waals surface area contributed by atoms with Crippen LogP contribution in [-0.2, 0) is 6.54 Å². The van der Waals surface area contributed by atoms with Gasteiger partial charge >= 0.3 is 0 Å². The molecule has 0 N–H and O–H groups in total. The maximum absolute atomic E-state index is 13.1. The number of carbonyl (C=O) groups excluding carboxylic acids is 1. The number of aromatic nitrogens is 2. The summed E-state index contributed by atoms with van der Waals surface area (Å²) in [5, 5.41) is 4.57. The van der Waals surface area contributed by atoms with Gasteiger partial charge in [0.1, 0.15) is 0 Å². The van der Waals surface area contributed by atoms with Crippen molar-refractivity contribution in [3.05, 3.63) is 78.0 Å². The smallest absolute Gasteiger partial charge is 0.257 e. The van der Waals surface area contributed by atoms with Crippen molar-refractivity contribution in [3.8, 4) is 11.3 Å². The first-order valence-corrected chi connectivity index (χ1v) is 9.27. The van der Waals surface area contributed by atoms with Crippen LogP contribution in [0.1, 0.15) is 35.2 Å². The maximum atomic E-state index is 13.1. The Kier molecular flexibility index (Phi) is 4.82. The van der Waals surface area contributed by atoms with Crippen LogP contribution < -0.4 is 0 Å². The highest BCUT2D eigenvalue weighted by Gasteiger charge is 2.24. The quantitative estimate of drug-likeness (QED) is 0.710. The molecule has 0 aliphatic carbocycles. The molecule has 0 spiro atoms. The molecule has 1 aromatic heterocycles. The normalized spacial score (nSPS) is 14.4. The average molecular weight is 345 g/mol. The number of hydrogen-bond donors (Lipinski definition) is 0. The minimum Gasteiger partial charge on any atom is -0.339 e. The van der Waals surface area contributed by atoms with Crippen molar-refractivity contribution < 1.29 is 4.79 Å². The first-order valence-electron chi connectivity index (χ1n) is 9.27. The van der Waals surface area contributed by atoms with Crippen LogP contribution in [0.25, 0.3) is 11.3 Å². The molecular weight excluding hydrogens is 322 g/mol. The summed E-state index contributed by atoms with van der Waals surface area (Å²) in [5.74, 6) is 0.0999. The third-order valence-corrected chi connectivity index (χ3v) is 4.94. The van der Waals surface area contributed by atoms with Crippen molar-refractivity contribution in [2.24, 2.45) is 0 Å². The molecule has 1 fully saturated rings. The first kappa shape index (κ1) is 16.6. The average Bonchev–Trinajstić information content (AvgIpc) is 3.13. The van der Waals surface area contributed by atoms with Crippen LogP contribution >= 0.6 is 0 Å². The molecule has 26 heavy (non-hydrogen) atoms. The van der Waals surface area contributed by atoms with Gasteiger partial charge < -0.3 is 4.90 Å². The number of benzene rings is 2. The molecular formula is C22H23N3O. The molecule has 1 amide bonds. The Balaban J connectivity index is 1.73. The van der Waals surface area contributed by atoms with Gasteiger partial charge in [-0.2, -0.15) is 5.10 Å². The molecule has 4 rings (SSSR count). The Bertz CT molecular complexity index is 865. The highest BCUT2D eigenvalue weighted by Crippen LogP contribution is 2.26. The second kappa shape index (κ2) is 7.56. The molecule has 1 aliphatic heterocycles. The van der Waals surface area contributed by atoms with Gasteiger partial charge in [-0.1, -0.05) is 60.7 Å². The van der Waals surface area contributed by atoms with Crippen molar-refractivity contribution >= 4 is 5.91 Å². The van der Waals surface area contributed by atoms with E-state index in [4.69, 9.17) is 0 Å². The zero-order valence-corrected chi connectivity index (χ0v) is 14.8. The van der Waals surface area contributed by atoms with Crippen molar-refractivity contribution in [1.29, 1.82) is 0 Å². The van der Waals surface area contributed by atoms with E-state index in [-0.39, 0.29) is 5.91 Å². The van der Waals surface area contributed by atoms with Gasteiger partial charge in [0.05, 0.1) is 24.0 Å². The number of rotatable bonds is 4. The van der Waals surface area contributed by atoms with Crippen molar-refractivity contribution in [3.63, 3.8) is 0 Å². The zero-order chi connectivity index (χ0) is 17.8. The summed E-state index contributed by atoms with van der Waals surface area (Å²) >= 11 is 0. The maximum Gasteiger partial charge on any atom is 0.257 e. The molecule has 1 aliphatic rings. The Morgan fingerprint density at radius 1 is 0.885 bits per heavy atom. The molecule has 0 atom stereocenters. The summed E-state index contributed by atoms with van der Waals surface area (Å²) in [4.78, 5) is 15.1. The topological polar surface area (TPSA) is 38.1 Å². The third-order valence-electron chi connectivity index (χ3n) is 4.94. The number of nitrogens with zero attached hydrogens (tertiary/aromatic N) is 3. The fourth-order valence-corrected chi connectivity index (χ4v) is 3.59. The van der Waals surface area contributed by atoms with E-state index < -0.39 is 0 Å². The lowest BCUT2D eigenvalue weighted by atomic mass is 10.0. The highest BCUT2D eigenvalue weighted by molar-refractivity contribution is 6.00. The third kappa shape index (κ3) is 3.40. The van der Waals surface area contributed by atoms with Crippen LogP contribution in [0, 0.1) is 0 Å². The molecule has 2 heterocycles. The van der Waals surface area contributed by atoms with E-state index in [1.165, 1.54) is 12.0 Å². The largest absolute Gasteiger partial charge is 0.339 e. The Labute approximate surface area is 154 Å². The van der Waals surface area contributed by atoms with Gasteiger partial charge in [-0.25, -0.2) is 0 Å². The van der Waals surface area contributed by atoms with Gasteiger partial charge in [-0.3, -0.25) is 9.48 Å². The van der Waals surface area contributed by atoms with Crippen LogP contribution in [0.15, 0.2) is 66.9 Å². The second-order valence-electron chi connectivity index (χ2n) is 6.77. The predicted molar refractivity (Wildman–Crippen MR) is 103 cm³/mol. The lowest BCUT2D eigenvalue weighted by Gasteiger charge is -2.26. The van der Waals surface area contributed by atoms with E-state index in [1.54, 1.807) is 6.20 Å². The van der Waals surface area contributed by atoms with E-state index in [2.05, 4.69) is 17.2 Å². The van der Waals surface area contributed by atoms with E-state index in [0.717, 1.165) is 37.2 Å². The molecule has 2 aromatic carbocycles. The highest BCUT2D eigenvalue weighted by atomic mass is 16.2. The standard InChI is InChI=1S/C22H23N3O/c26-22(24-14-8-3-9-15-24)20-16-23-25(17-18-10-4-1-5-11-18)21(20)19-12-6-2-7-13-19/h1-2,4-7,10-13,16H,3,8-9,14-15,17H2. The molecule has 0 bridgehead atoms. The van der Waals surface area contributed by atoms with E-state index in [1.807, 2.05) is 58.1 Å². The molecule has 1 saturated heterocycles. The van der Waals surface area contributed by atoms with Gasteiger partial charge in [-0.15, -0.1) is 0 Å². The SMILES string of the molecule is O=C(c1cnn(Cc2ccccc2)c1-c1ccccc1)N1CCCCC1. The minimum atomic E-state index is 0.0999. The van der Waals surface area contributed by atoms with Gasteiger partial charge in [-0.05, 0) is 24.8 Å². The summed E-state index contributed by atoms with van der Waals surface area (Å²) < 4.78 is 1.95. The van der Waals surface area contributed by atoms with Gasteiger partial charge in [0.2, 0.25) is 0 Å². The number of carbonyl (C=O) groups is 1. The lowest BCUT2D eigenvalue weighted by Crippen LogP contribution is -2.35. The molecule has 0 unspecified atom stereocenters. The summed E-state index contributed by atoms with van der Waals surface area (Å²) in [5.41, 5.74) is 3.81. The number of amides is 1. The van der Waals surface area contributed by atoms with Crippen molar-refractivity contribution in [2.75, 3.05) is 13.1 Å². The molecule has 0 saturated carbocycles. The lowest BCUT2D eigenvalue weighted by molar-refractivity contribution is 0.0725. The van der Waals surface area contributed by atoms with E-state index >= 15 is 0 Å². The van der Waals surface area contributed by atoms with Crippen LogP contribution in [0.5, 0.6) is 0 Å². The monoisotopic (exact) mass is 345 g/mol. The fourth-order valence-electron chi connectivity index (χ4n) is 3.59. The first-order chi connectivity index (χ1) is 12.8. The van der Waals surface area contributed by atoms with Gasteiger partial charge in [0.25, 0.3) is 5.91 Å². The Morgan fingerprint density at radius 2 is 1.54 bits per heavy atom. The number of piperidine rings is 1. The summed E-state index contributed by atoms with van der Waals surface area (Å²) in [6.45, 7) is 2.34. The van der Waals surface area contributed by atoms with Crippen LogP contribution in [-0.4, -0.2) is 33.7 Å². The van der Waals surface area contributed by atoms with Gasteiger partial charge in [0.15, 0.2) is 0 Å². The van der Waals surface area contributed by atoms with Crippen molar-refractivity contribution in [1.82, 2.24) is 14.7 Å². The Morgan fingerprint density at radius 3 is 2.23 bits per heavy atom. The van der Waals surface area contributed by atoms with Crippen LogP contribution in [0.4, 0.5) is 0 Å². The summed E-state index contributed by atoms with van der Waals surface area (Å²) in [7, 11) is 0. The van der Waals surface area contributed by atoms with E-state index in [0.29, 0.717) is 12.1 Å². The zero-order valence-electron chi connectivity index (χ0n) is 14.8. The molecule has 132 valence electrons. The van der Waals surface area contributed by atoms with Crippen LogP contribution in [0.3, 0.4) is 0 Å². The predicted octanol–water partition coefficient (Wildman–Crippen LogP) is 4.22. The molecule has 4 nitrogen and oxygen atoms in total. The summed E-state index contributed by atoms with van der Waals surface area (Å²) in [6, 6.07) is 20.3.